The lowest BCUT2D eigenvalue weighted by Crippen LogP contribution is -2.62. The molecule has 0 spiro atoms. The van der Waals surface area contributed by atoms with E-state index in [0.717, 1.165) is 19.6 Å². The van der Waals surface area contributed by atoms with Gasteiger partial charge >= 0.3 is 0 Å². The Bertz CT molecular complexity index is 205. The summed E-state index contributed by atoms with van der Waals surface area (Å²) in [4.78, 5) is 0. The van der Waals surface area contributed by atoms with E-state index in [2.05, 4.69) is 19.2 Å². The summed E-state index contributed by atoms with van der Waals surface area (Å²) in [6.45, 7) is 8.72. The van der Waals surface area contributed by atoms with Gasteiger partial charge in [-0.05, 0) is 13.3 Å². The number of methoxy groups -OCH3 is 1. The summed E-state index contributed by atoms with van der Waals surface area (Å²) >= 11 is 0. The Balaban J connectivity index is 2.30. The van der Waals surface area contributed by atoms with Crippen LogP contribution in [0.25, 0.3) is 0 Å². The van der Waals surface area contributed by atoms with Gasteiger partial charge < -0.3 is 20.5 Å². The van der Waals surface area contributed by atoms with Gasteiger partial charge in [0.2, 0.25) is 0 Å². The normalized spacial score (nSPS) is 29.8. The first-order valence-corrected chi connectivity index (χ1v) is 6.14. The van der Waals surface area contributed by atoms with Gasteiger partial charge in [-0.2, -0.15) is 0 Å². The Hall–Kier alpha value is -0.160. The number of rotatable bonds is 7. The third-order valence-electron chi connectivity index (χ3n) is 3.73. The zero-order valence-electron chi connectivity index (χ0n) is 11.0. The minimum absolute atomic E-state index is 0.113. The molecule has 0 aromatic carbocycles. The lowest BCUT2D eigenvalue weighted by Gasteiger charge is -2.52. The first-order chi connectivity index (χ1) is 7.56. The van der Waals surface area contributed by atoms with Crippen LogP contribution in [0.3, 0.4) is 0 Å². The van der Waals surface area contributed by atoms with Crippen molar-refractivity contribution in [2.24, 2.45) is 11.1 Å². The largest absolute Gasteiger partial charge is 0.379 e. The van der Waals surface area contributed by atoms with E-state index in [1.807, 2.05) is 6.92 Å². The lowest BCUT2D eigenvalue weighted by atomic mass is 9.64. The molecule has 0 saturated heterocycles. The van der Waals surface area contributed by atoms with Crippen LogP contribution in [0.2, 0.25) is 0 Å². The van der Waals surface area contributed by atoms with E-state index in [-0.39, 0.29) is 11.5 Å². The van der Waals surface area contributed by atoms with Crippen LogP contribution in [0, 0.1) is 5.41 Å². The van der Waals surface area contributed by atoms with Gasteiger partial charge in [-0.1, -0.05) is 13.8 Å². The topological polar surface area (TPSA) is 56.5 Å². The summed E-state index contributed by atoms with van der Waals surface area (Å²) in [6.07, 6.45) is 1.58. The molecule has 0 amide bonds. The molecule has 3 unspecified atom stereocenters. The van der Waals surface area contributed by atoms with Gasteiger partial charge in [0.05, 0.1) is 12.2 Å². The van der Waals surface area contributed by atoms with Crippen molar-refractivity contribution in [1.82, 2.24) is 5.32 Å². The van der Waals surface area contributed by atoms with Gasteiger partial charge in [-0.15, -0.1) is 0 Å². The Kier molecular flexibility index (Phi) is 5.18. The molecule has 3 N–H and O–H groups in total. The zero-order valence-corrected chi connectivity index (χ0v) is 11.0. The molecule has 16 heavy (non-hydrogen) atoms. The molecule has 1 saturated carbocycles. The van der Waals surface area contributed by atoms with Crippen molar-refractivity contribution in [2.45, 2.75) is 45.4 Å². The standard InChI is InChI=1S/C12H26N2O2/c1-5-16-11-6-10(12(11,2)3)14-8-9(7-13)15-4/h9-11,14H,5-8,13H2,1-4H3. The van der Waals surface area contributed by atoms with Crippen LogP contribution < -0.4 is 11.1 Å². The lowest BCUT2D eigenvalue weighted by molar-refractivity contribution is -0.115. The van der Waals surface area contributed by atoms with Crippen molar-refractivity contribution in [2.75, 3.05) is 26.8 Å². The Morgan fingerprint density at radius 1 is 1.50 bits per heavy atom. The van der Waals surface area contributed by atoms with Gasteiger partial charge in [0.15, 0.2) is 0 Å². The fourth-order valence-corrected chi connectivity index (χ4v) is 2.25. The van der Waals surface area contributed by atoms with Crippen molar-refractivity contribution >= 4 is 0 Å². The molecule has 1 fully saturated rings. The molecule has 0 aromatic heterocycles. The maximum atomic E-state index is 5.69. The number of nitrogens with two attached hydrogens (primary N) is 1. The Labute approximate surface area is 98.9 Å². The zero-order chi connectivity index (χ0) is 12.2. The molecule has 96 valence electrons. The summed E-state index contributed by atoms with van der Waals surface area (Å²) in [6, 6.07) is 0.508. The van der Waals surface area contributed by atoms with E-state index in [1.165, 1.54) is 0 Å². The number of hydrogen-bond donors (Lipinski definition) is 2. The predicted molar refractivity (Wildman–Crippen MR) is 65.5 cm³/mol. The minimum Gasteiger partial charge on any atom is -0.379 e. The molecular weight excluding hydrogens is 204 g/mol. The SMILES string of the molecule is CCOC1CC(NCC(CN)OC)C1(C)C. The van der Waals surface area contributed by atoms with Gasteiger partial charge in [0.25, 0.3) is 0 Å². The highest BCUT2D eigenvalue weighted by Gasteiger charge is 2.48. The van der Waals surface area contributed by atoms with E-state index in [1.54, 1.807) is 7.11 Å². The second-order valence-corrected chi connectivity index (χ2v) is 5.06. The van der Waals surface area contributed by atoms with Crippen LogP contribution in [0.1, 0.15) is 27.2 Å². The Morgan fingerprint density at radius 3 is 2.62 bits per heavy atom. The molecule has 0 bridgehead atoms. The fourth-order valence-electron chi connectivity index (χ4n) is 2.25. The van der Waals surface area contributed by atoms with Crippen molar-refractivity contribution in [3.05, 3.63) is 0 Å². The maximum Gasteiger partial charge on any atom is 0.0817 e. The van der Waals surface area contributed by atoms with Gasteiger partial charge in [-0.3, -0.25) is 0 Å². The summed E-state index contributed by atoms with van der Waals surface area (Å²) in [5.74, 6) is 0. The summed E-state index contributed by atoms with van der Waals surface area (Å²) < 4.78 is 10.9. The third-order valence-corrected chi connectivity index (χ3v) is 3.73. The molecule has 3 atom stereocenters. The molecule has 0 radical (unpaired) electrons. The fraction of sp³-hybridized carbons (Fsp3) is 1.00. The van der Waals surface area contributed by atoms with E-state index in [9.17, 15) is 0 Å². The monoisotopic (exact) mass is 230 g/mol. The molecule has 4 nitrogen and oxygen atoms in total. The van der Waals surface area contributed by atoms with Crippen molar-refractivity contribution in [1.29, 1.82) is 0 Å². The molecule has 4 heteroatoms. The highest BCUT2D eigenvalue weighted by molar-refractivity contribution is 5.02. The maximum absolute atomic E-state index is 5.69. The third kappa shape index (κ3) is 2.94. The molecule has 0 heterocycles. The van der Waals surface area contributed by atoms with Crippen LogP contribution in [-0.2, 0) is 9.47 Å². The van der Waals surface area contributed by atoms with E-state index in [4.69, 9.17) is 15.2 Å². The smallest absolute Gasteiger partial charge is 0.0817 e. The van der Waals surface area contributed by atoms with E-state index >= 15 is 0 Å². The predicted octanol–water partition coefficient (Wildman–Crippen LogP) is 0.753. The number of nitrogens with one attached hydrogen (secondary N) is 1. The summed E-state index contributed by atoms with van der Waals surface area (Å²) in [7, 11) is 1.70. The highest BCUT2D eigenvalue weighted by atomic mass is 16.5. The number of hydrogen-bond acceptors (Lipinski definition) is 4. The van der Waals surface area contributed by atoms with Crippen molar-refractivity contribution in [3.8, 4) is 0 Å². The molecule has 0 aliphatic heterocycles. The first-order valence-electron chi connectivity index (χ1n) is 6.14. The van der Waals surface area contributed by atoms with E-state index < -0.39 is 0 Å². The molecule has 1 rings (SSSR count). The molecule has 1 aliphatic rings. The second kappa shape index (κ2) is 5.96. The van der Waals surface area contributed by atoms with Crippen LogP contribution in [0.5, 0.6) is 0 Å². The van der Waals surface area contributed by atoms with Crippen LogP contribution >= 0.6 is 0 Å². The minimum atomic E-state index is 0.113. The van der Waals surface area contributed by atoms with Crippen molar-refractivity contribution in [3.63, 3.8) is 0 Å². The molecule has 1 aliphatic carbocycles. The highest BCUT2D eigenvalue weighted by Crippen LogP contribution is 2.42. The average molecular weight is 230 g/mol. The van der Waals surface area contributed by atoms with Crippen LogP contribution in [0.15, 0.2) is 0 Å². The number of ether oxygens (including phenoxy) is 2. The molecular formula is C12H26N2O2. The summed E-state index contributed by atoms with van der Waals surface area (Å²) in [5.41, 5.74) is 5.79. The van der Waals surface area contributed by atoms with Gasteiger partial charge in [-0.25, -0.2) is 0 Å². The van der Waals surface area contributed by atoms with E-state index in [0.29, 0.717) is 18.7 Å². The van der Waals surface area contributed by atoms with Crippen LogP contribution in [0.4, 0.5) is 0 Å². The molecule has 0 aromatic rings. The van der Waals surface area contributed by atoms with Gasteiger partial charge in [0.1, 0.15) is 0 Å². The quantitative estimate of drug-likeness (QED) is 0.678. The summed E-state index contributed by atoms with van der Waals surface area (Å²) in [5, 5.41) is 3.51. The first kappa shape index (κ1) is 13.9. The second-order valence-electron chi connectivity index (χ2n) is 5.06. The van der Waals surface area contributed by atoms with Crippen LogP contribution in [-0.4, -0.2) is 45.1 Å². The van der Waals surface area contributed by atoms with Crippen molar-refractivity contribution < 1.29 is 9.47 Å². The van der Waals surface area contributed by atoms with Gasteiger partial charge in [0, 0.05) is 38.3 Å². The average Bonchev–Trinajstić information content (AvgIpc) is 2.27. The Morgan fingerprint density at radius 2 is 2.19 bits per heavy atom.